The van der Waals surface area contributed by atoms with Gasteiger partial charge < -0.3 is 14.8 Å². The van der Waals surface area contributed by atoms with E-state index in [-0.39, 0.29) is 5.91 Å². The highest BCUT2D eigenvalue weighted by Crippen LogP contribution is 2.32. The van der Waals surface area contributed by atoms with Gasteiger partial charge in [-0.05, 0) is 42.0 Å². The summed E-state index contributed by atoms with van der Waals surface area (Å²) >= 11 is 9.48. The van der Waals surface area contributed by atoms with Crippen LogP contribution >= 0.6 is 39.9 Å². The number of rotatable bonds is 4. The van der Waals surface area contributed by atoms with Gasteiger partial charge in [-0.2, -0.15) is 0 Å². The number of carbonyl (C=O) groups excluding carboxylic acids is 2. The molecule has 0 bridgehead atoms. The number of methoxy groups -OCH3 is 1. The Bertz CT molecular complexity index is 943. The maximum atomic E-state index is 12.3. The van der Waals surface area contributed by atoms with Crippen molar-refractivity contribution < 1.29 is 19.1 Å². The van der Waals surface area contributed by atoms with E-state index in [9.17, 15) is 9.59 Å². The number of carbonyl (C=O) groups is 2. The van der Waals surface area contributed by atoms with Gasteiger partial charge in [0.25, 0.3) is 5.91 Å². The number of esters is 1. The minimum absolute atomic E-state index is 0.232. The summed E-state index contributed by atoms with van der Waals surface area (Å²) < 4.78 is 11.9. The van der Waals surface area contributed by atoms with Crippen LogP contribution in [-0.4, -0.2) is 23.3 Å². The minimum atomic E-state index is -0.494. The lowest BCUT2D eigenvalue weighted by Crippen LogP contribution is -2.17. The summed E-state index contributed by atoms with van der Waals surface area (Å²) in [5, 5.41) is 2.56. The number of benzene rings is 2. The van der Waals surface area contributed by atoms with Crippen LogP contribution in [0.2, 0.25) is 0 Å². The smallest absolute Gasteiger partial charge is 0.343 e. The normalized spacial score (nSPS) is 15.1. The molecule has 132 valence electrons. The van der Waals surface area contributed by atoms with Crippen LogP contribution in [0.25, 0.3) is 6.08 Å². The Morgan fingerprint density at radius 3 is 2.69 bits per heavy atom. The van der Waals surface area contributed by atoms with Gasteiger partial charge in [-0.1, -0.05) is 52.0 Å². The molecule has 1 aliphatic heterocycles. The molecule has 1 fully saturated rings. The Balaban J connectivity index is 1.83. The van der Waals surface area contributed by atoms with Crippen LogP contribution in [0.4, 0.5) is 0 Å². The molecule has 3 rings (SSSR count). The van der Waals surface area contributed by atoms with Gasteiger partial charge in [-0.25, -0.2) is 4.79 Å². The highest BCUT2D eigenvalue weighted by Gasteiger charge is 2.22. The lowest BCUT2D eigenvalue weighted by atomic mass is 10.2. The number of hydrogen-bond acceptors (Lipinski definition) is 6. The number of thiocarbonyl (C=S) groups is 1. The first-order valence-corrected chi connectivity index (χ1v) is 9.38. The molecule has 1 aliphatic rings. The molecule has 5 nitrogen and oxygen atoms in total. The summed E-state index contributed by atoms with van der Waals surface area (Å²) in [6, 6.07) is 11.9. The predicted molar refractivity (Wildman–Crippen MR) is 108 cm³/mol. The maximum Gasteiger partial charge on any atom is 0.343 e. The molecule has 1 N–H and O–H groups in total. The molecule has 2 aromatic rings. The molecule has 0 atom stereocenters. The van der Waals surface area contributed by atoms with Crippen LogP contribution in [0.15, 0.2) is 51.8 Å². The number of thioether (sulfide) groups is 1. The van der Waals surface area contributed by atoms with E-state index in [1.165, 1.54) is 18.9 Å². The molecule has 2 aromatic carbocycles. The zero-order valence-corrected chi connectivity index (χ0v) is 16.7. The lowest BCUT2D eigenvalue weighted by molar-refractivity contribution is -0.115. The zero-order valence-electron chi connectivity index (χ0n) is 13.4. The predicted octanol–water partition coefficient (Wildman–Crippen LogP) is 4.17. The number of nitrogens with one attached hydrogen (secondary N) is 1. The van der Waals surface area contributed by atoms with Crippen molar-refractivity contribution in [3.63, 3.8) is 0 Å². The fourth-order valence-corrected chi connectivity index (χ4v) is 3.65. The van der Waals surface area contributed by atoms with Crippen molar-refractivity contribution in [2.24, 2.45) is 0 Å². The van der Waals surface area contributed by atoms with Crippen molar-refractivity contribution in [2.45, 2.75) is 0 Å². The van der Waals surface area contributed by atoms with Gasteiger partial charge in [0, 0.05) is 4.47 Å². The fourth-order valence-electron chi connectivity index (χ4n) is 2.20. The van der Waals surface area contributed by atoms with Crippen molar-refractivity contribution in [3.8, 4) is 11.5 Å². The van der Waals surface area contributed by atoms with Gasteiger partial charge in [0.05, 0.1) is 17.6 Å². The van der Waals surface area contributed by atoms with Crippen molar-refractivity contribution in [1.29, 1.82) is 0 Å². The number of hydrogen-bond donors (Lipinski definition) is 1. The van der Waals surface area contributed by atoms with Crippen LogP contribution in [-0.2, 0) is 4.79 Å². The standard InChI is InChI=1S/C18H12BrNO4S2/c1-23-14-7-10(8-15-16(21)20-18(25)26-15)5-6-13(14)24-17(22)11-3-2-4-12(19)9-11/h2-9H,1H3,(H,20,21,25)/b15-8+. The molecule has 1 saturated heterocycles. The topological polar surface area (TPSA) is 64.6 Å². The molecule has 0 unspecified atom stereocenters. The summed E-state index contributed by atoms with van der Waals surface area (Å²) in [5.74, 6) is -0.0525. The van der Waals surface area contributed by atoms with Crippen LogP contribution in [0, 0.1) is 0 Å². The molecule has 1 amide bonds. The summed E-state index contributed by atoms with van der Waals surface area (Å²) in [5.41, 5.74) is 1.15. The van der Waals surface area contributed by atoms with Crippen molar-refractivity contribution >= 4 is 62.2 Å². The molecular formula is C18H12BrNO4S2. The molecule has 0 aromatic heterocycles. The summed E-state index contributed by atoms with van der Waals surface area (Å²) in [6.45, 7) is 0. The molecular weight excluding hydrogens is 438 g/mol. The first kappa shape index (κ1) is 18.6. The van der Waals surface area contributed by atoms with E-state index in [0.29, 0.717) is 26.3 Å². The van der Waals surface area contributed by atoms with E-state index in [4.69, 9.17) is 21.7 Å². The zero-order chi connectivity index (χ0) is 18.7. The van der Waals surface area contributed by atoms with E-state index >= 15 is 0 Å². The largest absolute Gasteiger partial charge is 0.493 e. The van der Waals surface area contributed by atoms with E-state index in [1.54, 1.807) is 42.5 Å². The molecule has 0 radical (unpaired) electrons. The van der Waals surface area contributed by atoms with Gasteiger partial charge in [0.2, 0.25) is 0 Å². The second-order valence-corrected chi connectivity index (χ2v) is 7.80. The number of amides is 1. The van der Waals surface area contributed by atoms with Crippen LogP contribution in [0.1, 0.15) is 15.9 Å². The Morgan fingerprint density at radius 1 is 1.23 bits per heavy atom. The molecule has 26 heavy (non-hydrogen) atoms. The number of halogens is 1. The maximum absolute atomic E-state index is 12.3. The van der Waals surface area contributed by atoms with Gasteiger partial charge in [-0.15, -0.1) is 0 Å². The average Bonchev–Trinajstić information content (AvgIpc) is 2.93. The first-order chi connectivity index (χ1) is 12.5. The third-order valence-electron chi connectivity index (χ3n) is 3.39. The van der Waals surface area contributed by atoms with Gasteiger partial charge in [0.1, 0.15) is 4.32 Å². The minimum Gasteiger partial charge on any atom is -0.493 e. The van der Waals surface area contributed by atoms with Gasteiger partial charge in [-0.3, -0.25) is 4.79 Å². The highest BCUT2D eigenvalue weighted by atomic mass is 79.9. The van der Waals surface area contributed by atoms with E-state index in [1.807, 2.05) is 6.07 Å². The average molecular weight is 450 g/mol. The summed E-state index contributed by atoms with van der Waals surface area (Å²) in [6.07, 6.45) is 1.70. The van der Waals surface area contributed by atoms with E-state index in [0.717, 1.165) is 10.0 Å². The Labute approximate surface area is 167 Å². The molecule has 1 heterocycles. The Kier molecular flexibility index (Phi) is 5.75. The van der Waals surface area contributed by atoms with Crippen molar-refractivity contribution in [1.82, 2.24) is 5.32 Å². The molecule has 0 aliphatic carbocycles. The van der Waals surface area contributed by atoms with Crippen LogP contribution in [0.3, 0.4) is 0 Å². The first-order valence-electron chi connectivity index (χ1n) is 7.37. The van der Waals surface area contributed by atoms with Gasteiger partial charge >= 0.3 is 5.97 Å². The van der Waals surface area contributed by atoms with Crippen LogP contribution < -0.4 is 14.8 Å². The Morgan fingerprint density at radius 2 is 2.04 bits per heavy atom. The third-order valence-corrected chi connectivity index (χ3v) is 5.05. The lowest BCUT2D eigenvalue weighted by Gasteiger charge is -2.10. The van der Waals surface area contributed by atoms with E-state index in [2.05, 4.69) is 21.2 Å². The van der Waals surface area contributed by atoms with E-state index < -0.39 is 5.97 Å². The molecule has 8 heteroatoms. The number of ether oxygens (including phenoxy) is 2. The third kappa shape index (κ3) is 4.32. The van der Waals surface area contributed by atoms with Crippen molar-refractivity contribution in [3.05, 3.63) is 63.0 Å². The SMILES string of the molecule is COc1cc(/C=C2/SC(=S)NC2=O)ccc1OC(=O)c1cccc(Br)c1. The van der Waals surface area contributed by atoms with Crippen molar-refractivity contribution in [2.75, 3.05) is 7.11 Å². The van der Waals surface area contributed by atoms with Gasteiger partial charge in [0.15, 0.2) is 11.5 Å². The second kappa shape index (κ2) is 8.03. The Hall–Kier alpha value is -2.16. The second-order valence-electron chi connectivity index (χ2n) is 5.16. The summed E-state index contributed by atoms with van der Waals surface area (Å²) in [7, 11) is 1.48. The quantitative estimate of drug-likeness (QED) is 0.327. The molecule has 0 saturated carbocycles. The van der Waals surface area contributed by atoms with Crippen LogP contribution in [0.5, 0.6) is 11.5 Å². The highest BCUT2D eigenvalue weighted by molar-refractivity contribution is 9.10. The fraction of sp³-hybridized carbons (Fsp3) is 0.0556. The molecule has 0 spiro atoms. The summed E-state index contributed by atoms with van der Waals surface area (Å²) in [4.78, 5) is 24.5. The monoisotopic (exact) mass is 449 g/mol.